The lowest BCUT2D eigenvalue weighted by atomic mass is 9.85. The Labute approximate surface area is 346 Å². The van der Waals surface area contributed by atoms with Crippen molar-refractivity contribution in [2.75, 3.05) is 45.5 Å². The molecule has 6 rings (SSSR count). The number of amides is 5. The van der Waals surface area contributed by atoms with Crippen molar-refractivity contribution in [2.24, 2.45) is 0 Å². The number of carbonyl (C=O) groups excluding carboxylic acids is 3. The molecule has 0 radical (unpaired) electrons. The fourth-order valence-corrected chi connectivity index (χ4v) is 5.89. The predicted molar refractivity (Wildman–Crippen MR) is 230 cm³/mol. The molecule has 6 N–H and O–H groups in total. The molecule has 0 heterocycles. The largest absolute Gasteiger partial charge is 0.478 e. The summed E-state index contributed by atoms with van der Waals surface area (Å²) in [5, 5.41) is 22.4. The molecule has 12 nitrogen and oxygen atoms in total. The number of carbonyl (C=O) groups is 3. The van der Waals surface area contributed by atoms with Crippen molar-refractivity contribution in [2.45, 2.75) is 12.8 Å². The van der Waals surface area contributed by atoms with Gasteiger partial charge in [0.15, 0.2) is 18.9 Å². The first-order valence-electron chi connectivity index (χ1n) is 17.8. The zero-order valence-electron chi connectivity index (χ0n) is 31.3. The van der Waals surface area contributed by atoms with Gasteiger partial charge in [-0.05, 0) is 114 Å². The fraction of sp³-hybridized carbons (Fsp3) is 0.114. The van der Waals surface area contributed by atoms with Crippen molar-refractivity contribution in [3.63, 3.8) is 0 Å². The zero-order chi connectivity index (χ0) is 41.1. The molecule has 5 amide bonds. The van der Waals surface area contributed by atoms with E-state index in [9.17, 15) is 14.4 Å². The Morgan fingerprint density at radius 2 is 0.776 bits per heavy atom. The van der Waals surface area contributed by atoms with Crippen LogP contribution in [0.4, 0.5) is 38.0 Å². The van der Waals surface area contributed by atoms with Crippen molar-refractivity contribution in [1.82, 2.24) is 0 Å². The van der Waals surface area contributed by atoms with Crippen LogP contribution >= 0.6 is 23.2 Å². The minimum atomic E-state index is -0.363. The molecule has 0 saturated carbocycles. The number of benzene rings is 6. The Hall–Kier alpha value is -6.73. The van der Waals surface area contributed by atoms with Crippen LogP contribution in [-0.2, 0) is 4.79 Å². The van der Waals surface area contributed by atoms with Crippen molar-refractivity contribution in [3.05, 3.63) is 168 Å². The Morgan fingerprint density at radius 3 is 1.10 bits per heavy atom. The van der Waals surface area contributed by atoms with Crippen LogP contribution in [0.2, 0.25) is 0 Å². The third-order valence-corrected chi connectivity index (χ3v) is 8.43. The van der Waals surface area contributed by atoms with E-state index in [0.717, 1.165) is 16.7 Å². The van der Waals surface area contributed by atoms with Crippen LogP contribution in [0.25, 0.3) is 0 Å². The third kappa shape index (κ3) is 13.5. The minimum Gasteiger partial charge on any atom is -0.478 e. The molecule has 298 valence electrons. The summed E-state index contributed by atoms with van der Waals surface area (Å²) in [6.45, 7) is 1.09. The van der Waals surface area contributed by atoms with E-state index in [4.69, 9.17) is 42.5 Å². The van der Waals surface area contributed by atoms with Gasteiger partial charge in [-0.15, -0.1) is 0 Å². The van der Waals surface area contributed by atoms with Gasteiger partial charge in [0.1, 0.15) is 17.2 Å². The number of anilines is 5. The number of aliphatic hydroxyl groups excluding tert-OH is 1. The molecule has 0 unspecified atom stereocenters. The summed E-state index contributed by atoms with van der Waals surface area (Å²) in [6.07, 6.45) is 0. The molecule has 0 fully saturated rings. The monoisotopic (exact) mass is 821 g/mol. The Bertz CT molecular complexity index is 2080. The summed E-state index contributed by atoms with van der Waals surface area (Å²) < 4.78 is 15.2. The summed E-state index contributed by atoms with van der Waals surface area (Å²) in [5.41, 5.74) is 6.45. The van der Waals surface area contributed by atoms with E-state index in [-0.39, 0.29) is 42.8 Å². The molecule has 6 aromatic carbocycles. The second-order valence-corrected chi connectivity index (χ2v) is 12.7. The molecule has 0 aliphatic carbocycles. The number of hydrogen-bond donors (Lipinski definition) is 6. The Kier molecular flexibility index (Phi) is 16.2. The van der Waals surface area contributed by atoms with E-state index >= 15 is 0 Å². The quantitative estimate of drug-likeness (QED) is 0.0362. The van der Waals surface area contributed by atoms with E-state index < -0.39 is 0 Å². The highest BCUT2D eigenvalue weighted by Crippen LogP contribution is 2.33. The van der Waals surface area contributed by atoms with Gasteiger partial charge < -0.3 is 45.9 Å². The Balaban J connectivity index is 0.000000419. The van der Waals surface area contributed by atoms with Crippen molar-refractivity contribution in [1.29, 1.82) is 0 Å². The van der Waals surface area contributed by atoms with Crippen LogP contribution in [-0.4, -0.2) is 42.0 Å². The molecule has 0 atom stereocenters. The Morgan fingerprint density at radius 1 is 0.466 bits per heavy atom. The molecule has 58 heavy (non-hydrogen) atoms. The molecule has 0 aliphatic heterocycles. The summed E-state index contributed by atoms with van der Waals surface area (Å²) >= 11 is 11.2. The second kappa shape index (κ2) is 22.1. The molecule has 0 aromatic heterocycles. The highest BCUT2D eigenvalue weighted by Gasteiger charge is 2.17. The van der Waals surface area contributed by atoms with Crippen molar-refractivity contribution in [3.8, 4) is 17.2 Å². The van der Waals surface area contributed by atoms with Gasteiger partial charge in [-0.25, -0.2) is 9.59 Å². The fourth-order valence-electron chi connectivity index (χ4n) is 5.63. The summed E-state index contributed by atoms with van der Waals surface area (Å²) in [7, 11) is 0. The van der Waals surface area contributed by atoms with E-state index in [1.54, 1.807) is 72.8 Å². The van der Waals surface area contributed by atoms with Gasteiger partial charge in [0.2, 0.25) is 5.91 Å². The normalized spacial score (nSPS) is 10.3. The van der Waals surface area contributed by atoms with E-state index in [1.165, 1.54) is 6.92 Å². The first kappa shape index (κ1) is 42.4. The van der Waals surface area contributed by atoms with Crippen molar-refractivity contribution >= 4 is 69.6 Å². The van der Waals surface area contributed by atoms with E-state index in [1.807, 2.05) is 66.7 Å². The lowest BCUT2D eigenvalue weighted by Crippen LogP contribution is -2.19. The van der Waals surface area contributed by atoms with Crippen LogP contribution < -0.4 is 40.8 Å². The van der Waals surface area contributed by atoms with Gasteiger partial charge in [-0.3, -0.25) is 4.79 Å². The molecule has 0 spiro atoms. The smallest absolute Gasteiger partial charge is 0.323 e. The third-order valence-electron chi connectivity index (χ3n) is 8.21. The zero-order valence-corrected chi connectivity index (χ0v) is 32.8. The summed E-state index contributed by atoms with van der Waals surface area (Å²) in [4.78, 5) is 35.8. The maximum atomic E-state index is 12.6. The molecule has 6 aromatic rings. The van der Waals surface area contributed by atoms with Gasteiger partial charge in [0.25, 0.3) is 0 Å². The maximum Gasteiger partial charge on any atom is 0.323 e. The first-order chi connectivity index (χ1) is 28.2. The van der Waals surface area contributed by atoms with Gasteiger partial charge in [-0.2, -0.15) is 0 Å². The topological polar surface area (TPSA) is 159 Å². The van der Waals surface area contributed by atoms with Crippen LogP contribution in [0.15, 0.2) is 152 Å². The molecular weight excluding hydrogens is 781 g/mol. The lowest BCUT2D eigenvalue weighted by molar-refractivity contribution is -0.114. The molecular formula is C44H41Cl2N5O7. The van der Waals surface area contributed by atoms with Crippen LogP contribution in [0.5, 0.6) is 17.2 Å². The van der Waals surface area contributed by atoms with Gasteiger partial charge >= 0.3 is 12.1 Å². The number of halogens is 2. The standard InChI is InChI=1S/C35H30Cl2N4O4.C9H11NO3/c36-22-44-31-18-14-29(15-19-31)40-34(42)38-27-10-6-25(7-11-27)33(24-4-2-1-3-5-24)26-8-12-28(13-9-26)39-35(43)41-30-16-20-32(21-17-30)45-23-37;1-7(12)10-8-2-4-9(5-3-8)13-6-11/h1-21,33H,22-23H2,(H2,38,40,42)(H2,39,41,43);2-5,11H,6H2,1H3,(H,10,12). The SMILES string of the molecule is CC(=O)Nc1ccc(OCO)cc1.O=C(Nc1ccc(OCCl)cc1)Nc1ccc(C(c2ccccc2)c2ccc(NC(=O)Nc3ccc(OCCl)cc3)cc2)cc1. The number of ether oxygens (including phenoxy) is 3. The summed E-state index contributed by atoms with van der Waals surface area (Å²) in [6, 6.07) is 45.6. The van der Waals surface area contributed by atoms with E-state index in [0.29, 0.717) is 45.7 Å². The minimum absolute atomic E-state index is 0.0546. The number of hydrogen-bond acceptors (Lipinski definition) is 7. The predicted octanol–water partition coefficient (Wildman–Crippen LogP) is 10.3. The van der Waals surface area contributed by atoms with Crippen LogP contribution in [0, 0.1) is 0 Å². The van der Waals surface area contributed by atoms with Gasteiger partial charge in [-0.1, -0.05) is 77.8 Å². The van der Waals surface area contributed by atoms with E-state index in [2.05, 4.69) is 38.7 Å². The lowest BCUT2D eigenvalue weighted by Gasteiger charge is -2.20. The average Bonchev–Trinajstić information content (AvgIpc) is 3.22. The maximum absolute atomic E-state index is 12.6. The number of rotatable bonds is 14. The highest BCUT2D eigenvalue weighted by molar-refractivity contribution is 6.17. The summed E-state index contributed by atoms with van der Waals surface area (Å²) in [5.74, 6) is 1.62. The number of aliphatic hydroxyl groups is 1. The van der Waals surface area contributed by atoms with Crippen molar-refractivity contribution < 1.29 is 33.7 Å². The van der Waals surface area contributed by atoms with Crippen LogP contribution in [0.1, 0.15) is 29.5 Å². The van der Waals surface area contributed by atoms with Gasteiger partial charge in [0.05, 0.1) is 0 Å². The highest BCUT2D eigenvalue weighted by atomic mass is 35.5. The molecule has 0 bridgehead atoms. The van der Waals surface area contributed by atoms with Crippen LogP contribution in [0.3, 0.4) is 0 Å². The molecule has 0 aliphatic rings. The average molecular weight is 823 g/mol. The number of alkyl halides is 2. The first-order valence-corrected chi connectivity index (χ1v) is 18.9. The van der Waals surface area contributed by atoms with Gasteiger partial charge in [0, 0.05) is 41.3 Å². The molecule has 0 saturated heterocycles. The second-order valence-electron chi connectivity index (χ2n) is 12.3. The number of urea groups is 2. The molecule has 14 heteroatoms. The number of nitrogens with one attached hydrogen (secondary N) is 5.